The third-order valence-corrected chi connectivity index (χ3v) is 6.17. The fourth-order valence-electron chi connectivity index (χ4n) is 3.67. The lowest BCUT2D eigenvalue weighted by Gasteiger charge is -2.13. The van der Waals surface area contributed by atoms with Gasteiger partial charge in [-0.2, -0.15) is 0 Å². The van der Waals surface area contributed by atoms with Crippen LogP contribution in [0.2, 0.25) is 0 Å². The number of benzene rings is 2. The number of hydrogen-bond acceptors (Lipinski definition) is 8. The average Bonchev–Trinajstić information content (AvgIpc) is 3.86. The second-order valence-electron chi connectivity index (χ2n) is 9.85. The molecule has 2 saturated heterocycles. The first-order chi connectivity index (χ1) is 18.7. The van der Waals surface area contributed by atoms with Crippen molar-refractivity contribution in [2.24, 2.45) is 0 Å². The monoisotopic (exact) mass is 530 g/mol. The molecule has 2 heterocycles. The van der Waals surface area contributed by atoms with E-state index in [9.17, 15) is 0 Å². The third-order valence-electron chi connectivity index (χ3n) is 6.17. The van der Waals surface area contributed by atoms with Crippen LogP contribution in [-0.2, 0) is 51.1 Å². The van der Waals surface area contributed by atoms with Crippen LogP contribution in [0.1, 0.15) is 25.0 Å². The molecule has 4 atom stereocenters. The van der Waals surface area contributed by atoms with E-state index >= 15 is 0 Å². The summed E-state index contributed by atoms with van der Waals surface area (Å²) in [4.78, 5) is 0. The maximum atomic E-state index is 5.75. The molecular weight excluding hydrogens is 488 g/mol. The van der Waals surface area contributed by atoms with Crippen LogP contribution in [0, 0.1) is 0 Å². The second kappa shape index (κ2) is 16.3. The van der Waals surface area contributed by atoms with E-state index < -0.39 is 0 Å². The highest BCUT2D eigenvalue weighted by atomic mass is 16.6. The molecule has 2 fully saturated rings. The minimum Gasteiger partial charge on any atom is -0.376 e. The fourth-order valence-corrected chi connectivity index (χ4v) is 3.67. The van der Waals surface area contributed by atoms with Crippen LogP contribution in [0.3, 0.4) is 0 Å². The predicted octanol–water partition coefficient (Wildman–Crippen LogP) is 4.03. The van der Waals surface area contributed by atoms with Gasteiger partial charge in [0.1, 0.15) is 12.2 Å². The smallest absolute Gasteiger partial charge is 0.104 e. The molecule has 8 heteroatoms. The fraction of sp³-hybridized carbons (Fsp3) is 0.600. The molecule has 2 aromatic carbocycles. The first kappa shape index (κ1) is 29.1. The SMILES string of the molecule is CC(COCCOCc1ccc(-c2ccc(COCCOCC(C)OCC3CO3)cc2)cc1)OCC1CO1. The van der Waals surface area contributed by atoms with Crippen molar-refractivity contribution in [3.63, 3.8) is 0 Å². The summed E-state index contributed by atoms with van der Waals surface area (Å²) < 4.78 is 44.3. The van der Waals surface area contributed by atoms with Crippen molar-refractivity contribution < 1.29 is 37.9 Å². The first-order valence-corrected chi connectivity index (χ1v) is 13.6. The molecule has 8 nitrogen and oxygen atoms in total. The average molecular weight is 531 g/mol. The molecule has 0 saturated carbocycles. The quantitative estimate of drug-likeness (QED) is 0.177. The summed E-state index contributed by atoms with van der Waals surface area (Å²) in [5, 5.41) is 0. The van der Waals surface area contributed by atoms with Gasteiger partial charge >= 0.3 is 0 Å². The van der Waals surface area contributed by atoms with Crippen molar-refractivity contribution in [2.75, 3.05) is 66.1 Å². The molecule has 0 aromatic heterocycles. The molecule has 2 aliphatic heterocycles. The van der Waals surface area contributed by atoms with Gasteiger partial charge in [0.25, 0.3) is 0 Å². The zero-order valence-corrected chi connectivity index (χ0v) is 22.7. The Balaban J connectivity index is 1.03. The van der Waals surface area contributed by atoms with Gasteiger partial charge in [-0.05, 0) is 36.1 Å². The molecule has 2 aliphatic rings. The van der Waals surface area contributed by atoms with Gasteiger partial charge in [-0.15, -0.1) is 0 Å². The molecule has 0 amide bonds. The maximum Gasteiger partial charge on any atom is 0.104 e. The van der Waals surface area contributed by atoms with Gasteiger partial charge in [-0.3, -0.25) is 0 Å². The molecule has 0 radical (unpaired) electrons. The van der Waals surface area contributed by atoms with Gasteiger partial charge in [0, 0.05) is 0 Å². The molecule has 38 heavy (non-hydrogen) atoms. The summed E-state index contributed by atoms with van der Waals surface area (Å²) in [7, 11) is 0. The van der Waals surface area contributed by atoms with E-state index in [0.29, 0.717) is 66.1 Å². The van der Waals surface area contributed by atoms with E-state index in [1.54, 1.807) is 0 Å². The molecular formula is C30H42O8. The number of epoxide rings is 2. The lowest BCUT2D eigenvalue weighted by Crippen LogP contribution is -2.20. The molecule has 0 N–H and O–H groups in total. The van der Waals surface area contributed by atoms with Crippen molar-refractivity contribution in [2.45, 2.75) is 51.5 Å². The van der Waals surface area contributed by atoms with Crippen LogP contribution >= 0.6 is 0 Å². The van der Waals surface area contributed by atoms with Gasteiger partial charge in [-0.25, -0.2) is 0 Å². The summed E-state index contributed by atoms with van der Waals surface area (Å²) in [6.07, 6.45) is 0.715. The maximum absolute atomic E-state index is 5.75. The van der Waals surface area contributed by atoms with Crippen molar-refractivity contribution in [3.05, 3.63) is 59.7 Å². The lowest BCUT2D eigenvalue weighted by molar-refractivity contribution is -0.0286. The Kier molecular flexibility index (Phi) is 12.5. The van der Waals surface area contributed by atoms with Crippen LogP contribution in [0.5, 0.6) is 0 Å². The molecule has 4 rings (SSSR count). The van der Waals surface area contributed by atoms with E-state index in [2.05, 4.69) is 48.5 Å². The topological polar surface area (TPSA) is 80.4 Å². The normalized spacial score (nSPS) is 19.8. The van der Waals surface area contributed by atoms with E-state index in [4.69, 9.17) is 37.9 Å². The van der Waals surface area contributed by atoms with Gasteiger partial charge in [0.2, 0.25) is 0 Å². The lowest BCUT2D eigenvalue weighted by atomic mass is 10.0. The van der Waals surface area contributed by atoms with Crippen molar-refractivity contribution in [1.82, 2.24) is 0 Å². The summed E-state index contributed by atoms with van der Waals surface area (Å²) in [6, 6.07) is 16.9. The minimum absolute atomic E-state index is 0.0698. The van der Waals surface area contributed by atoms with Crippen LogP contribution in [0.4, 0.5) is 0 Å². The first-order valence-electron chi connectivity index (χ1n) is 13.6. The molecule has 0 spiro atoms. The molecule has 0 aliphatic carbocycles. The highest BCUT2D eigenvalue weighted by Crippen LogP contribution is 2.21. The summed E-state index contributed by atoms with van der Waals surface area (Å²) >= 11 is 0. The highest BCUT2D eigenvalue weighted by molar-refractivity contribution is 5.63. The minimum atomic E-state index is 0.0698. The van der Waals surface area contributed by atoms with Crippen LogP contribution in [0.25, 0.3) is 11.1 Å². The van der Waals surface area contributed by atoms with Crippen molar-refractivity contribution >= 4 is 0 Å². The summed E-state index contributed by atoms with van der Waals surface area (Å²) in [5.74, 6) is 0. The molecule has 2 aromatic rings. The Bertz CT molecular complexity index is 820. The van der Waals surface area contributed by atoms with Crippen LogP contribution in [-0.4, -0.2) is 90.5 Å². The van der Waals surface area contributed by atoms with E-state index in [1.165, 1.54) is 11.1 Å². The van der Waals surface area contributed by atoms with Gasteiger partial charge in [0.15, 0.2) is 0 Å². The molecule has 4 unspecified atom stereocenters. The zero-order chi connectivity index (χ0) is 26.4. The zero-order valence-electron chi connectivity index (χ0n) is 22.7. The van der Waals surface area contributed by atoms with Crippen molar-refractivity contribution in [3.8, 4) is 11.1 Å². The van der Waals surface area contributed by atoms with Gasteiger partial charge < -0.3 is 37.9 Å². The summed E-state index contributed by atoms with van der Waals surface area (Å²) in [6.45, 7) is 11.4. The van der Waals surface area contributed by atoms with Gasteiger partial charge in [0.05, 0.1) is 91.5 Å². The third kappa shape index (κ3) is 11.9. The Labute approximate surface area is 226 Å². The van der Waals surface area contributed by atoms with E-state index in [1.807, 2.05) is 13.8 Å². The number of ether oxygens (including phenoxy) is 8. The summed E-state index contributed by atoms with van der Waals surface area (Å²) in [5.41, 5.74) is 4.63. The Morgan fingerprint density at radius 2 is 0.974 bits per heavy atom. The van der Waals surface area contributed by atoms with E-state index in [0.717, 1.165) is 24.3 Å². The largest absolute Gasteiger partial charge is 0.376 e. The standard InChI is InChI=1S/C30H42O8/c1-23(35-19-29-21-37-29)15-31-11-13-33-17-25-3-7-27(8-4-25)28-9-5-26(6-10-28)18-34-14-12-32-16-24(2)36-20-30-22-38-30/h3-10,23-24,29-30H,11-22H2,1-2H3. The molecule has 0 bridgehead atoms. The predicted molar refractivity (Wildman–Crippen MR) is 143 cm³/mol. The highest BCUT2D eigenvalue weighted by Gasteiger charge is 2.24. The van der Waals surface area contributed by atoms with Crippen molar-refractivity contribution in [1.29, 1.82) is 0 Å². The number of rotatable bonds is 21. The molecule has 210 valence electrons. The Morgan fingerprint density at radius 1 is 0.605 bits per heavy atom. The van der Waals surface area contributed by atoms with Gasteiger partial charge in [-0.1, -0.05) is 48.5 Å². The Hall–Kier alpha value is -1.88. The van der Waals surface area contributed by atoms with E-state index in [-0.39, 0.29) is 24.4 Å². The number of hydrogen-bond donors (Lipinski definition) is 0. The van der Waals surface area contributed by atoms with Crippen LogP contribution in [0.15, 0.2) is 48.5 Å². The van der Waals surface area contributed by atoms with Crippen LogP contribution < -0.4 is 0 Å². The Morgan fingerprint density at radius 3 is 1.34 bits per heavy atom. The second-order valence-corrected chi connectivity index (χ2v) is 9.85.